The van der Waals surface area contributed by atoms with Gasteiger partial charge in [0.2, 0.25) is 0 Å². The molecule has 0 bridgehead atoms. The number of carbonyl (C=O) groups excluding carboxylic acids is 3. The molecule has 0 aromatic carbocycles. The fraction of sp³-hybridized carbons (Fsp3) is 0.951. The van der Waals surface area contributed by atoms with E-state index in [0.29, 0.717) is 19.3 Å². The van der Waals surface area contributed by atoms with Gasteiger partial charge in [0.05, 0.1) is 0 Å². The molecule has 6 heteroatoms. The Hall–Kier alpha value is -1.59. The monoisotopic (exact) mass is 947 g/mol. The van der Waals surface area contributed by atoms with Crippen molar-refractivity contribution in [2.75, 3.05) is 13.2 Å². The van der Waals surface area contributed by atoms with Gasteiger partial charge in [-0.25, -0.2) is 0 Å². The van der Waals surface area contributed by atoms with Crippen LogP contribution in [0, 0.1) is 17.8 Å². The van der Waals surface area contributed by atoms with E-state index < -0.39 is 6.10 Å². The lowest BCUT2D eigenvalue weighted by atomic mass is 9.99. The van der Waals surface area contributed by atoms with Crippen molar-refractivity contribution < 1.29 is 28.6 Å². The zero-order valence-corrected chi connectivity index (χ0v) is 46.2. The van der Waals surface area contributed by atoms with Gasteiger partial charge in [-0.05, 0) is 37.0 Å². The average Bonchev–Trinajstić information content (AvgIpc) is 3.30. The number of carbonyl (C=O) groups is 3. The number of ether oxygens (including phenoxy) is 3. The molecule has 2 atom stereocenters. The van der Waals surface area contributed by atoms with Gasteiger partial charge >= 0.3 is 17.9 Å². The van der Waals surface area contributed by atoms with Crippen LogP contribution in [0.5, 0.6) is 0 Å². The minimum atomic E-state index is -0.764. The third-order valence-electron chi connectivity index (χ3n) is 14.3. The summed E-state index contributed by atoms with van der Waals surface area (Å²) in [7, 11) is 0. The zero-order chi connectivity index (χ0) is 49.1. The van der Waals surface area contributed by atoms with Gasteiger partial charge in [0, 0.05) is 19.3 Å². The van der Waals surface area contributed by atoms with Gasteiger partial charge in [-0.15, -0.1) is 0 Å². The first-order valence-corrected chi connectivity index (χ1v) is 30.1. The summed E-state index contributed by atoms with van der Waals surface area (Å²) in [6, 6.07) is 0. The third-order valence-corrected chi connectivity index (χ3v) is 14.3. The molecule has 398 valence electrons. The molecule has 0 spiro atoms. The maximum Gasteiger partial charge on any atom is 0.306 e. The van der Waals surface area contributed by atoms with Crippen molar-refractivity contribution in [1.29, 1.82) is 0 Å². The van der Waals surface area contributed by atoms with Crippen molar-refractivity contribution in [3.8, 4) is 0 Å². The SMILES string of the molecule is CCC(C)CCCCCCCCCCC(=O)O[C@H](COC(=O)CCCCCCCCCCCCCCCCCCC(C)C)COC(=O)CCCCCCCCCCCCCCCCCC(C)C. The Labute approximate surface area is 418 Å². The molecular weight excluding hydrogens is 829 g/mol. The summed E-state index contributed by atoms with van der Waals surface area (Å²) in [6.07, 6.45) is 55.2. The third kappa shape index (κ3) is 53.6. The zero-order valence-electron chi connectivity index (χ0n) is 46.2. The fourth-order valence-corrected chi connectivity index (χ4v) is 9.32. The van der Waals surface area contributed by atoms with E-state index >= 15 is 0 Å². The summed E-state index contributed by atoms with van der Waals surface area (Å²) in [5.74, 6) is 1.70. The molecule has 0 aromatic rings. The van der Waals surface area contributed by atoms with Crippen LogP contribution in [0.4, 0.5) is 0 Å². The Morgan fingerprint density at radius 2 is 0.522 bits per heavy atom. The lowest BCUT2D eigenvalue weighted by molar-refractivity contribution is -0.167. The Bertz CT molecular complexity index is 1040. The number of hydrogen-bond acceptors (Lipinski definition) is 6. The highest BCUT2D eigenvalue weighted by atomic mass is 16.6. The summed E-state index contributed by atoms with van der Waals surface area (Å²) in [6.45, 7) is 13.8. The first kappa shape index (κ1) is 65.4. The largest absolute Gasteiger partial charge is 0.462 e. The van der Waals surface area contributed by atoms with Crippen molar-refractivity contribution in [1.82, 2.24) is 0 Å². The molecule has 0 aliphatic carbocycles. The minimum Gasteiger partial charge on any atom is -0.462 e. The molecule has 67 heavy (non-hydrogen) atoms. The minimum absolute atomic E-state index is 0.0636. The van der Waals surface area contributed by atoms with Crippen molar-refractivity contribution in [2.45, 2.75) is 343 Å². The molecule has 0 fully saturated rings. The van der Waals surface area contributed by atoms with Crippen LogP contribution >= 0.6 is 0 Å². The van der Waals surface area contributed by atoms with Crippen LogP contribution in [0.2, 0.25) is 0 Å². The molecule has 0 heterocycles. The second-order valence-electron chi connectivity index (χ2n) is 22.2. The molecule has 0 aliphatic rings. The van der Waals surface area contributed by atoms with Crippen molar-refractivity contribution in [3.05, 3.63) is 0 Å². The highest BCUT2D eigenvalue weighted by molar-refractivity contribution is 5.71. The van der Waals surface area contributed by atoms with E-state index in [4.69, 9.17) is 14.2 Å². The van der Waals surface area contributed by atoms with E-state index in [9.17, 15) is 14.4 Å². The Morgan fingerprint density at radius 1 is 0.299 bits per heavy atom. The van der Waals surface area contributed by atoms with Crippen molar-refractivity contribution >= 4 is 17.9 Å². The number of rotatable bonds is 54. The van der Waals surface area contributed by atoms with E-state index in [2.05, 4.69) is 41.5 Å². The number of unbranched alkanes of at least 4 members (excludes halogenated alkanes) is 36. The van der Waals surface area contributed by atoms with E-state index in [1.807, 2.05) is 0 Å². The lowest BCUT2D eigenvalue weighted by Gasteiger charge is -2.18. The van der Waals surface area contributed by atoms with Gasteiger partial charge in [-0.2, -0.15) is 0 Å². The molecule has 0 saturated carbocycles. The highest BCUT2D eigenvalue weighted by Gasteiger charge is 2.19. The summed E-state index contributed by atoms with van der Waals surface area (Å²) >= 11 is 0. The molecule has 6 nitrogen and oxygen atoms in total. The first-order chi connectivity index (χ1) is 32.6. The maximum atomic E-state index is 12.8. The normalized spacial score (nSPS) is 12.5. The predicted octanol–water partition coefficient (Wildman–Crippen LogP) is 19.9. The Morgan fingerprint density at radius 3 is 0.776 bits per heavy atom. The number of hydrogen-bond donors (Lipinski definition) is 0. The topological polar surface area (TPSA) is 78.9 Å². The fourth-order valence-electron chi connectivity index (χ4n) is 9.32. The quantitative estimate of drug-likeness (QED) is 0.0343. The second kappa shape index (κ2) is 52.2. The van der Waals surface area contributed by atoms with Gasteiger partial charge in [0.15, 0.2) is 6.10 Å². The summed E-state index contributed by atoms with van der Waals surface area (Å²) in [4.78, 5) is 38.2. The van der Waals surface area contributed by atoms with Crippen LogP contribution in [0.3, 0.4) is 0 Å². The summed E-state index contributed by atoms with van der Waals surface area (Å²) in [5.41, 5.74) is 0. The first-order valence-electron chi connectivity index (χ1n) is 30.1. The standard InChI is InChI=1S/C61H118O6/c1-7-57(6)49-43-37-31-27-28-34-40-46-52-61(64)67-58(54-66-60(63)51-45-39-33-26-22-18-14-10-12-16-20-24-30-36-42-48-56(4)5)53-65-59(62)50-44-38-32-25-21-17-13-9-8-11-15-19-23-29-35-41-47-55(2)3/h55-58H,7-54H2,1-6H3/t57?,58-/m1/s1. The molecule has 0 N–H and O–H groups in total. The predicted molar refractivity (Wildman–Crippen MR) is 289 cm³/mol. The molecule has 0 rings (SSSR count). The van der Waals surface area contributed by atoms with E-state index in [0.717, 1.165) is 75.5 Å². The molecule has 0 amide bonds. The van der Waals surface area contributed by atoms with Gasteiger partial charge in [-0.3, -0.25) is 14.4 Å². The maximum absolute atomic E-state index is 12.8. The lowest BCUT2D eigenvalue weighted by Crippen LogP contribution is -2.30. The van der Waals surface area contributed by atoms with E-state index in [1.54, 1.807) is 0 Å². The van der Waals surface area contributed by atoms with Gasteiger partial charge in [0.25, 0.3) is 0 Å². The molecule has 1 unspecified atom stereocenters. The molecule has 0 aliphatic heterocycles. The second-order valence-corrected chi connectivity index (χ2v) is 22.2. The summed E-state index contributed by atoms with van der Waals surface area (Å²) in [5, 5.41) is 0. The van der Waals surface area contributed by atoms with E-state index in [1.165, 1.54) is 218 Å². The molecule has 0 saturated heterocycles. The molecule has 0 radical (unpaired) electrons. The van der Waals surface area contributed by atoms with Crippen LogP contribution < -0.4 is 0 Å². The van der Waals surface area contributed by atoms with Crippen LogP contribution in [-0.2, 0) is 28.6 Å². The van der Waals surface area contributed by atoms with Gasteiger partial charge < -0.3 is 14.2 Å². The summed E-state index contributed by atoms with van der Waals surface area (Å²) < 4.78 is 16.9. The number of esters is 3. The van der Waals surface area contributed by atoms with Crippen molar-refractivity contribution in [3.63, 3.8) is 0 Å². The Balaban J connectivity index is 4.25. The smallest absolute Gasteiger partial charge is 0.306 e. The van der Waals surface area contributed by atoms with E-state index in [-0.39, 0.29) is 31.1 Å². The van der Waals surface area contributed by atoms with Crippen LogP contribution in [0.1, 0.15) is 337 Å². The van der Waals surface area contributed by atoms with Gasteiger partial charge in [0.1, 0.15) is 13.2 Å². The van der Waals surface area contributed by atoms with Crippen LogP contribution in [0.15, 0.2) is 0 Å². The van der Waals surface area contributed by atoms with Crippen molar-refractivity contribution in [2.24, 2.45) is 17.8 Å². The average molecular weight is 948 g/mol. The Kier molecular flexibility index (Phi) is 51.0. The molecular formula is C61H118O6. The van der Waals surface area contributed by atoms with Gasteiger partial charge in [-0.1, -0.05) is 298 Å². The van der Waals surface area contributed by atoms with Crippen LogP contribution in [-0.4, -0.2) is 37.2 Å². The highest BCUT2D eigenvalue weighted by Crippen LogP contribution is 2.19. The molecule has 0 aromatic heterocycles. The van der Waals surface area contributed by atoms with Crippen LogP contribution in [0.25, 0.3) is 0 Å².